The van der Waals surface area contributed by atoms with E-state index in [0.29, 0.717) is 22.0 Å². The van der Waals surface area contributed by atoms with Crippen molar-refractivity contribution in [2.45, 2.75) is 11.8 Å². The van der Waals surface area contributed by atoms with E-state index in [1.807, 2.05) is 6.92 Å². The minimum Gasteiger partial charge on any atom is -0.475 e. The molecule has 0 amide bonds. The first-order valence-electron chi connectivity index (χ1n) is 7.49. The Kier molecular flexibility index (Phi) is 4.76. The number of furan rings is 1. The number of aryl methyl sites for hydroxylation is 1. The van der Waals surface area contributed by atoms with Crippen molar-refractivity contribution in [3.05, 3.63) is 70.9 Å². The van der Waals surface area contributed by atoms with Crippen molar-refractivity contribution < 1.29 is 22.7 Å². The van der Waals surface area contributed by atoms with Gasteiger partial charge in [-0.2, -0.15) is 0 Å². The quantitative estimate of drug-likeness (QED) is 0.671. The van der Waals surface area contributed by atoms with Crippen LogP contribution in [0.1, 0.15) is 16.1 Å². The number of hydrogen-bond acceptors (Lipinski definition) is 4. The second kappa shape index (κ2) is 6.86. The van der Waals surface area contributed by atoms with E-state index in [0.717, 1.165) is 5.56 Å². The summed E-state index contributed by atoms with van der Waals surface area (Å²) in [5, 5.41) is 9.41. The number of hydrogen-bond donors (Lipinski definition) is 2. The van der Waals surface area contributed by atoms with Crippen molar-refractivity contribution in [2.24, 2.45) is 0 Å². The molecule has 0 aliphatic carbocycles. The molecule has 0 spiro atoms. The number of carboxylic acids is 1. The molecule has 3 rings (SSSR count). The molecule has 2 aromatic carbocycles. The van der Waals surface area contributed by atoms with E-state index >= 15 is 0 Å². The zero-order chi connectivity index (χ0) is 18.9. The van der Waals surface area contributed by atoms with Crippen LogP contribution in [0, 0.1) is 6.92 Å². The molecule has 0 aliphatic rings. The molecule has 0 aliphatic heterocycles. The molecule has 0 radical (unpaired) electrons. The van der Waals surface area contributed by atoms with Crippen molar-refractivity contribution in [3.8, 4) is 11.3 Å². The predicted molar refractivity (Wildman–Crippen MR) is 98.1 cm³/mol. The Hall–Kier alpha value is -2.77. The van der Waals surface area contributed by atoms with Gasteiger partial charge in [0.15, 0.2) is 0 Å². The van der Waals surface area contributed by atoms with Crippen molar-refractivity contribution in [1.82, 2.24) is 0 Å². The van der Waals surface area contributed by atoms with E-state index in [-0.39, 0.29) is 10.7 Å². The fourth-order valence-corrected chi connectivity index (χ4v) is 3.55. The van der Waals surface area contributed by atoms with Gasteiger partial charge in [0.1, 0.15) is 5.76 Å². The molecule has 1 aromatic heterocycles. The lowest BCUT2D eigenvalue weighted by molar-refractivity contribution is 0.0663. The van der Waals surface area contributed by atoms with Gasteiger partial charge in [-0.1, -0.05) is 17.7 Å². The average molecular weight is 392 g/mol. The number of benzene rings is 2. The third-order valence-electron chi connectivity index (χ3n) is 3.70. The van der Waals surface area contributed by atoms with Gasteiger partial charge < -0.3 is 9.52 Å². The maximum absolute atomic E-state index is 12.5. The van der Waals surface area contributed by atoms with Gasteiger partial charge in [0.05, 0.1) is 4.90 Å². The summed E-state index contributed by atoms with van der Waals surface area (Å²) in [7, 11) is -3.78. The third-order valence-corrected chi connectivity index (χ3v) is 5.35. The normalized spacial score (nSPS) is 11.3. The lowest BCUT2D eigenvalue weighted by Gasteiger charge is -2.11. The zero-order valence-electron chi connectivity index (χ0n) is 13.6. The van der Waals surface area contributed by atoms with E-state index in [9.17, 15) is 13.2 Å². The van der Waals surface area contributed by atoms with Gasteiger partial charge >= 0.3 is 5.97 Å². The van der Waals surface area contributed by atoms with E-state index < -0.39 is 16.0 Å². The first kappa shape index (κ1) is 18.0. The zero-order valence-corrected chi connectivity index (χ0v) is 15.1. The Labute approximate surface area is 155 Å². The summed E-state index contributed by atoms with van der Waals surface area (Å²) in [6.07, 6.45) is 0. The van der Waals surface area contributed by atoms with E-state index in [4.69, 9.17) is 21.1 Å². The van der Waals surface area contributed by atoms with Crippen molar-refractivity contribution >= 4 is 33.3 Å². The standard InChI is InChI=1S/C18H14ClNO5S/c1-11-2-5-13(10-15(11)16-8-9-17(25-16)18(21)22)20-26(23,24)14-6-3-12(19)4-7-14/h2-10,20H,1H3,(H,21,22). The van der Waals surface area contributed by atoms with Crippen LogP contribution in [0.2, 0.25) is 5.02 Å². The number of aromatic carboxylic acids is 1. The van der Waals surface area contributed by atoms with Gasteiger partial charge in [-0.3, -0.25) is 4.72 Å². The van der Waals surface area contributed by atoms with E-state index in [1.165, 1.54) is 36.4 Å². The topological polar surface area (TPSA) is 96.6 Å². The van der Waals surface area contributed by atoms with Gasteiger partial charge in [-0.15, -0.1) is 0 Å². The van der Waals surface area contributed by atoms with Gasteiger partial charge in [0, 0.05) is 16.3 Å². The highest BCUT2D eigenvalue weighted by Crippen LogP contribution is 2.29. The van der Waals surface area contributed by atoms with Crippen LogP contribution in [-0.4, -0.2) is 19.5 Å². The number of halogens is 1. The lowest BCUT2D eigenvalue weighted by Crippen LogP contribution is -2.12. The minimum atomic E-state index is -3.78. The fraction of sp³-hybridized carbons (Fsp3) is 0.0556. The minimum absolute atomic E-state index is 0.0789. The highest BCUT2D eigenvalue weighted by molar-refractivity contribution is 7.92. The van der Waals surface area contributed by atoms with Gasteiger partial charge in [0.2, 0.25) is 5.76 Å². The molecule has 0 fully saturated rings. The summed E-state index contributed by atoms with van der Waals surface area (Å²) >= 11 is 5.78. The molecule has 26 heavy (non-hydrogen) atoms. The summed E-state index contributed by atoms with van der Waals surface area (Å²) in [6, 6.07) is 13.6. The number of anilines is 1. The summed E-state index contributed by atoms with van der Waals surface area (Å²) in [6.45, 7) is 1.82. The molecule has 3 aromatic rings. The van der Waals surface area contributed by atoms with Crippen LogP contribution in [0.15, 0.2) is 63.9 Å². The number of sulfonamides is 1. The molecule has 8 heteroatoms. The van der Waals surface area contributed by atoms with Crippen LogP contribution < -0.4 is 4.72 Å². The van der Waals surface area contributed by atoms with Crippen molar-refractivity contribution in [1.29, 1.82) is 0 Å². The van der Waals surface area contributed by atoms with Crippen molar-refractivity contribution in [2.75, 3.05) is 4.72 Å². The first-order chi connectivity index (χ1) is 12.3. The lowest BCUT2D eigenvalue weighted by atomic mass is 10.1. The Morgan fingerprint density at radius 3 is 2.38 bits per heavy atom. The molecule has 6 nitrogen and oxygen atoms in total. The Balaban J connectivity index is 1.94. The van der Waals surface area contributed by atoms with Crippen LogP contribution in [0.5, 0.6) is 0 Å². The molecular formula is C18H14ClNO5S. The number of carboxylic acid groups (broad SMARTS) is 1. The van der Waals surface area contributed by atoms with Crippen LogP contribution in [0.25, 0.3) is 11.3 Å². The van der Waals surface area contributed by atoms with Crippen LogP contribution in [0.4, 0.5) is 5.69 Å². The average Bonchev–Trinajstić information content (AvgIpc) is 3.07. The van der Waals surface area contributed by atoms with Gasteiger partial charge in [0.25, 0.3) is 10.0 Å². The second-order valence-electron chi connectivity index (χ2n) is 5.56. The maximum atomic E-state index is 12.5. The smallest absolute Gasteiger partial charge is 0.371 e. The van der Waals surface area contributed by atoms with Gasteiger partial charge in [-0.25, -0.2) is 13.2 Å². The molecule has 0 bridgehead atoms. The highest BCUT2D eigenvalue weighted by Gasteiger charge is 2.16. The summed E-state index contributed by atoms with van der Waals surface area (Å²) < 4.78 is 32.8. The highest BCUT2D eigenvalue weighted by atomic mass is 35.5. The monoisotopic (exact) mass is 391 g/mol. The predicted octanol–water partition coefficient (Wildman–Crippen LogP) is 4.41. The molecule has 2 N–H and O–H groups in total. The molecule has 0 saturated carbocycles. The molecular weight excluding hydrogens is 378 g/mol. The molecule has 0 atom stereocenters. The largest absolute Gasteiger partial charge is 0.475 e. The summed E-state index contributed by atoms with van der Waals surface area (Å²) in [5.74, 6) is -1.02. The second-order valence-corrected chi connectivity index (χ2v) is 7.68. The Morgan fingerprint density at radius 1 is 1.08 bits per heavy atom. The molecule has 0 unspecified atom stereocenters. The van der Waals surface area contributed by atoms with E-state index in [2.05, 4.69) is 4.72 Å². The van der Waals surface area contributed by atoms with Crippen molar-refractivity contribution in [3.63, 3.8) is 0 Å². The number of carbonyl (C=O) groups is 1. The van der Waals surface area contributed by atoms with E-state index in [1.54, 1.807) is 18.2 Å². The third kappa shape index (κ3) is 3.74. The SMILES string of the molecule is Cc1ccc(NS(=O)(=O)c2ccc(Cl)cc2)cc1-c1ccc(C(=O)O)o1. The van der Waals surface area contributed by atoms with Crippen LogP contribution in [0.3, 0.4) is 0 Å². The Bertz CT molecular complexity index is 1070. The number of rotatable bonds is 5. The van der Waals surface area contributed by atoms with Gasteiger partial charge in [-0.05, 0) is 61.0 Å². The Morgan fingerprint density at radius 2 is 1.77 bits per heavy atom. The fourth-order valence-electron chi connectivity index (χ4n) is 2.38. The molecule has 0 saturated heterocycles. The van der Waals surface area contributed by atoms with Crippen LogP contribution >= 0.6 is 11.6 Å². The van der Waals surface area contributed by atoms with Crippen LogP contribution in [-0.2, 0) is 10.0 Å². The molecule has 1 heterocycles. The molecule has 134 valence electrons. The maximum Gasteiger partial charge on any atom is 0.371 e. The summed E-state index contributed by atoms with van der Waals surface area (Å²) in [5.41, 5.74) is 1.73. The number of nitrogens with one attached hydrogen (secondary N) is 1. The summed E-state index contributed by atoms with van der Waals surface area (Å²) in [4.78, 5) is 11.0. The first-order valence-corrected chi connectivity index (χ1v) is 9.35.